The van der Waals surface area contributed by atoms with E-state index in [9.17, 15) is 4.79 Å². The first-order valence-electron chi connectivity index (χ1n) is 6.92. The van der Waals surface area contributed by atoms with E-state index in [1.54, 1.807) is 16.3 Å². The third-order valence-electron chi connectivity index (χ3n) is 3.89. The lowest BCUT2D eigenvalue weighted by Gasteiger charge is -2.28. The van der Waals surface area contributed by atoms with Gasteiger partial charge in [0.05, 0.1) is 5.56 Å². The Morgan fingerprint density at radius 3 is 3.33 bits per heavy atom. The van der Waals surface area contributed by atoms with Crippen LogP contribution in [0.5, 0.6) is 0 Å². The van der Waals surface area contributed by atoms with Crippen LogP contribution in [0.4, 0.5) is 0 Å². The van der Waals surface area contributed by atoms with Gasteiger partial charge in [0.1, 0.15) is 16.8 Å². The van der Waals surface area contributed by atoms with E-state index >= 15 is 0 Å². The van der Waals surface area contributed by atoms with Crippen molar-refractivity contribution >= 4 is 17.2 Å². The lowest BCUT2D eigenvalue weighted by atomic mass is 9.99. The van der Waals surface area contributed by atoms with Gasteiger partial charge in [0, 0.05) is 39.0 Å². The monoisotopic (exact) mass is 300 g/mol. The van der Waals surface area contributed by atoms with Gasteiger partial charge < -0.3 is 9.47 Å². The molecule has 108 valence electrons. The second-order valence-corrected chi connectivity index (χ2v) is 6.28. The number of carbonyl (C=O) groups excluding carboxylic acids is 1. The molecule has 1 aliphatic heterocycles. The minimum absolute atomic E-state index is 0.0574. The number of nitrogens with zero attached hydrogens (tertiary/aromatic N) is 4. The SMILES string of the molecule is CN(CC1CCc2nccn2C1)C(=O)c1sccc1C#N. The molecule has 1 amide bonds. The summed E-state index contributed by atoms with van der Waals surface area (Å²) in [6.07, 6.45) is 5.83. The highest BCUT2D eigenvalue weighted by Crippen LogP contribution is 2.22. The number of rotatable bonds is 3. The zero-order valence-corrected chi connectivity index (χ0v) is 12.6. The Morgan fingerprint density at radius 1 is 1.67 bits per heavy atom. The van der Waals surface area contributed by atoms with E-state index in [-0.39, 0.29) is 5.91 Å². The normalized spacial score (nSPS) is 17.0. The molecular formula is C15H16N4OS. The van der Waals surface area contributed by atoms with Crippen molar-refractivity contribution in [3.8, 4) is 6.07 Å². The standard InChI is InChI=1S/C15H16N4OS/c1-18(15(20)14-12(8-16)4-7-21-14)9-11-2-3-13-17-5-6-19(13)10-11/h4-7,11H,2-3,9-10H2,1H3. The fourth-order valence-electron chi connectivity index (χ4n) is 2.79. The molecule has 0 saturated heterocycles. The number of amides is 1. The van der Waals surface area contributed by atoms with E-state index in [0.29, 0.717) is 22.9 Å². The van der Waals surface area contributed by atoms with Gasteiger partial charge in [-0.3, -0.25) is 4.79 Å². The summed E-state index contributed by atoms with van der Waals surface area (Å²) >= 11 is 1.33. The summed E-state index contributed by atoms with van der Waals surface area (Å²) in [5, 5.41) is 10.8. The van der Waals surface area contributed by atoms with E-state index in [0.717, 1.165) is 25.2 Å². The summed E-state index contributed by atoms with van der Waals surface area (Å²) in [4.78, 5) is 19.0. The van der Waals surface area contributed by atoms with Crippen molar-refractivity contribution in [3.63, 3.8) is 0 Å². The molecular weight excluding hydrogens is 284 g/mol. The van der Waals surface area contributed by atoms with Crippen LogP contribution >= 0.6 is 11.3 Å². The van der Waals surface area contributed by atoms with E-state index in [1.807, 2.05) is 19.4 Å². The quantitative estimate of drug-likeness (QED) is 0.872. The van der Waals surface area contributed by atoms with Gasteiger partial charge in [0.2, 0.25) is 0 Å². The first kappa shape index (κ1) is 13.8. The molecule has 3 heterocycles. The van der Waals surface area contributed by atoms with Crippen molar-refractivity contribution in [2.24, 2.45) is 5.92 Å². The van der Waals surface area contributed by atoms with Crippen LogP contribution in [-0.2, 0) is 13.0 Å². The van der Waals surface area contributed by atoms with Crippen LogP contribution in [0.15, 0.2) is 23.8 Å². The molecule has 0 spiro atoms. The summed E-state index contributed by atoms with van der Waals surface area (Å²) in [5.41, 5.74) is 0.470. The van der Waals surface area contributed by atoms with Gasteiger partial charge in [-0.2, -0.15) is 5.26 Å². The second kappa shape index (κ2) is 5.70. The minimum atomic E-state index is -0.0574. The summed E-state index contributed by atoms with van der Waals surface area (Å²) in [6, 6.07) is 3.77. The lowest BCUT2D eigenvalue weighted by molar-refractivity contribution is 0.0765. The Kier molecular flexibility index (Phi) is 3.76. The molecule has 2 aromatic rings. The number of hydrogen-bond donors (Lipinski definition) is 0. The molecule has 0 saturated carbocycles. The van der Waals surface area contributed by atoms with Crippen LogP contribution in [0, 0.1) is 17.2 Å². The highest BCUT2D eigenvalue weighted by atomic mass is 32.1. The maximum absolute atomic E-state index is 12.4. The maximum atomic E-state index is 12.4. The number of imidazole rings is 1. The van der Waals surface area contributed by atoms with Crippen LogP contribution < -0.4 is 0 Å². The summed E-state index contributed by atoms with van der Waals surface area (Å²) in [5.74, 6) is 1.51. The largest absolute Gasteiger partial charge is 0.341 e. The number of aryl methyl sites for hydroxylation is 1. The molecule has 0 radical (unpaired) electrons. The Balaban J connectivity index is 1.66. The summed E-state index contributed by atoms with van der Waals surface area (Å²) < 4.78 is 2.17. The van der Waals surface area contributed by atoms with Gasteiger partial charge in [-0.1, -0.05) is 0 Å². The molecule has 5 nitrogen and oxygen atoms in total. The molecule has 0 aromatic carbocycles. The molecule has 1 aliphatic rings. The molecule has 1 atom stereocenters. The predicted molar refractivity (Wildman–Crippen MR) is 80.0 cm³/mol. The molecule has 3 rings (SSSR count). The average Bonchev–Trinajstić information content (AvgIpc) is 3.14. The van der Waals surface area contributed by atoms with Crippen molar-refractivity contribution < 1.29 is 4.79 Å². The third-order valence-corrected chi connectivity index (χ3v) is 4.79. The van der Waals surface area contributed by atoms with Crippen molar-refractivity contribution in [2.45, 2.75) is 19.4 Å². The van der Waals surface area contributed by atoms with Gasteiger partial charge >= 0.3 is 0 Å². The van der Waals surface area contributed by atoms with Gasteiger partial charge in [-0.05, 0) is 23.8 Å². The van der Waals surface area contributed by atoms with E-state index in [1.165, 1.54) is 11.3 Å². The van der Waals surface area contributed by atoms with E-state index in [2.05, 4.69) is 15.6 Å². The number of fused-ring (bicyclic) bond motifs is 1. The molecule has 0 bridgehead atoms. The smallest absolute Gasteiger partial charge is 0.265 e. The first-order valence-corrected chi connectivity index (χ1v) is 7.80. The number of carbonyl (C=O) groups is 1. The zero-order chi connectivity index (χ0) is 14.8. The maximum Gasteiger partial charge on any atom is 0.265 e. The van der Waals surface area contributed by atoms with Gasteiger partial charge in [0.25, 0.3) is 5.91 Å². The van der Waals surface area contributed by atoms with Gasteiger partial charge in [-0.15, -0.1) is 11.3 Å². The number of thiophene rings is 1. The molecule has 2 aromatic heterocycles. The van der Waals surface area contributed by atoms with Crippen molar-refractivity contribution in [2.75, 3.05) is 13.6 Å². The fourth-order valence-corrected chi connectivity index (χ4v) is 3.63. The Morgan fingerprint density at radius 2 is 2.52 bits per heavy atom. The lowest BCUT2D eigenvalue weighted by Crippen LogP contribution is -2.35. The highest BCUT2D eigenvalue weighted by molar-refractivity contribution is 7.12. The summed E-state index contributed by atoms with van der Waals surface area (Å²) in [6.45, 7) is 1.61. The van der Waals surface area contributed by atoms with Gasteiger partial charge in [-0.25, -0.2) is 4.98 Å². The van der Waals surface area contributed by atoms with Crippen LogP contribution in [0.3, 0.4) is 0 Å². The highest BCUT2D eigenvalue weighted by Gasteiger charge is 2.24. The van der Waals surface area contributed by atoms with Crippen molar-refractivity contribution in [1.29, 1.82) is 5.26 Å². The zero-order valence-electron chi connectivity index (χ0n) is 11.8. The predicted octanol–water partition coefficient (Wildman–Crippen LogP) is 2.15. The second-order valence-electron chi connectivity index (χ2n) is 5.36. The van der Waals surface area contributed by atoms with Crippen LogP contribution in [0.1, 0.15) is 27.5 Å². The molecule has 0 aliphatic carbocycles. The minimum Gasteiger partial charge on any atom is -0.341 e. The van der Waals surface area contributed by atoms with Crippen molar-refractivity contribution in [1.82, 2.24) is 14.5 Å². The van der Waals surface area contributed by atoms with Crippen LogP contribution in [-0.4, -0.2) is 34.0 Å². The first-order chi connectivity index (χ1) is 10.2. The third kappa shape index (κ3) is 2.69. The molecule has 0 N–H and O–H groups in total. The number of hydrogen-bond acceptors (Lipinski definition) is 4. The van der Waals surface area contributed by atoms with E-state index < -0.39 is 0 Å². The molecule has 0 fully saturated rings. The number of nitriles is 1. The fraction of sp³-hybridized carbons (Fsp3) is 0.400. The van der Waals surface area contributed by atoms with E-state index in [4.69, 9.17) is 5.26 Å². The Hall–Kier alpha value is -2.13. The molecule has 1 unspecified atom stereocenters. The number of aromatic nitrogens is 2. The molecule has 6 heteroatoms. The molecule has 21 heavy (non-hydrogen) atoms. The Bertz CT molecular complexity index is 697. The van der Waals surface area contributed by atoms with Gasteiger partial charge in [0.15, 0.2) is 0 Å². The topological polar surface area (TPSA) is 61.9 Å². The van der Waals surface area contributed by atoms with Crippen LogP contribution in [0.2, 0.25) is 0 Å². The van der Waals surface area contributed by atoms with Crippen LogP contribution in [0.25, 0.3) is 0 Å². The van der Waals surface area contributed by atoms with Crippen molar-refractivity contribution in [3.05, 3.63) is 40.1 Å². The summed E-state index contributed by atoms with van der Waals surface area (Å²) in [7, 11) is 1.81. The Labute approximate surface area is 127 Å². The average molecular weight is 300 g/mol.